The summed E-state index contributed by atoms with van der Waals surface area (Å²) in [5.41, 5.74) is 0.926. The number of benzene rings is 1. The van der Waals surface area contributed by atoms with Crippen LogP contribution in [0.3, 0.4) is 0 Å². The number of pyridine rings is 1. The first-order valence-corrected chi connectivity index (χ1v) is 9.81. The lowest BCUT2D eigenvalue weighted by Crippen LogP contribution is -2.49. The fraction of sp³-hybridized carbons (Fsp3) is 0.286. The lowest BCUT2D eigenvalue weighted by Gasteiger charge is -2.35. The molecule has 1 aliphatic rings. The van der Waals surface area contributed by atoms with Crippen LogP contribution in [-0.2, 0) is 0 Å². The maximum absolute atomic E-state index is 12.9. The summed E-state index contributed by atoms with van der Waals surface area (Å²) in [7, 11) is 3.16. The number of amides is 1. The van der Waals surface area contributed by atoms with E-state index in [-0.39, 0.29) is 11.6 Å². The van der Waals surface area contributed by atoms with Crippen molar-refractivity contribution in [3.63, 3.8) is 0 Å². The number of hydrogen-bond acceptors (Lipinski definition) is 7. The molecule has 0 unspecified atom stereocenters. The fourth-order valence-electron chi connectivity index (χ4n) is 3.37. The number of halogens is 1. The van der Waals surface area contributed by atoms with Crippen molar-refractivity contribution in [3.05, 3.63) is 53.3 Å². The van der Waals surface area contributed by atoms with E-state index in [9.17, 15) is 4.79 Å². The van der Waals surface area contributed by atoms with Crippen LogP contribution in [0.25, 0.3) is 11.3 Å². The van der Waals surface area contributed by atoms with Gasteiger partial charge >= 0.3 is 0 Å². The Balaban J connectivity index is 1.46. The predicted molar refractivity (Wildman–Crippen MR) is 112 cm³/mol. The highest BCUT2D eigenvalue weighted by atomic mass is 35.5. The molecule has 1 amide bonds. The highest BCUT2D eigenvalue weighted by Gasteiger charge is 2.26. The molecular formula is C21H21ClN4O4. The van der Waals surface area contributed by atoms with Gasteiger partial charge in [0.05, 0.1) is 24.8 Å². The summed E-state index contributed by atoms with van der Waals surface area (Å²) in [4.78, 5) is 21.1. The van der Waals surface area contributed by atoms with Crippen molar-refractivity contribution >= 4 is 23.3 Å². The number of carbonyl (C=O) groups excluding carboxylic acids is 1. The molecule has 1 saturated heterocycles. The number of aromatic nitrogens is 2. The van der Waals surface area contributed by atoms with Gasteiger partial charge in [0.2, 0.25) is 0 Å². The monoisotopic (exact) mass is 428 g/mol. The van der Waals surface area contributed by atoms with Crippen molar-refractivity contribution in [1.82, 2.24) is 15.0 Å². The Morgan fingerprint density at radius 3 is 2.53 bits per heavy atom. The standard InChI is InChI=1S/C21H21ClN4O4/c1-28-15-4-5-18(29-2)16(11-15)19-12-17(24-30-19)21(27)26-9-7-25(8-10-26)20-6-3-14(22)13-23-20/h3-6,11-13H,7-10H2,1-2H3. The smallest absolute Gasteiger partial charge is 0.276 e. The summed E-state index contributed by atoms with van der Waals surface area (Å²) in [5, 5.41) is 4.58. The molecule has 0 radical (unpaired) electrons. The average molecular weight is 429 g/mol. The van der Waals surface area contributed by atoms with Gasteiger partial charge in [-0.1, -0.05) is 16.8 Å². The molecule has 1 aliphatic heterocycles. The van der Waals surface area contributed by atoms with Crippen LogP contribution in [0.5, 0.6) is 11.5 Å². The van der Waals surface area contributed by atoms with Crippen molar-refractivity contribution in [2.45, 2.75) is 0 Å². The first-order valence-electron chi connectivity index (χ1n) is 9.44. The number of ether oxygens (including phenoxy) is 2. The van der Waals surface area contributed by atoms with Gasteiger partial charge in [-0.15, -0.1) is 0 Å². The first kappa shape index (κ1) is 20.0. The molecule has 4 rings (SSSR count). The Kier molecular flexibility index (Phi) is 5.76. The molecule has 0 atom stereocenters. The van der Waals surface area contributed by atoms with E-state index < -0.39 is 0 Å². The molecule has 2 aromatic heterocycles. The third-order valence-corrected chi connectivity index (χ3v) is 5.23. The lowest BCUT2D eigenvalue weighted by atomic mass is 10.1. The van der Waals surface area contributed by atoms with Crippen LogP contribution >= 0.6 is 11.6 Å². The van der Waals surface area contributed by atoms with Crippen LogP contribution in [0.1, 0.15) is 10.5 Å². The first-order chi connectivity index (χ1) is 14.6. The molecular weight excluding hydrogens is 408 g/mol. The van der Waals surface area contributed by atoms with Crippen LogP contribution in [0.2, 0.25) is 5.02 Å². The van der Waals surface area contributed by atoms with E-state index >= 15 is 0 Å². The molecule has 3 aromatic rings. The zero-order valence-corrected chi connectivity index (χ0v) is 17.4. The Morgan fingerprint density at radius 1 is 1.07 bits per heavy atom. The Labute approximate surface area is 178 Å². The Hall–Kier alpha value is -3.26. The summed E-state index contributed by atoms with van der Waals surface area (Å²) in [6, 6.07) is 10.7. The third kappa shape index (κ3) is 4.04. The van der Waals surface area contributed by atoms with E-state index in [0.29, 0.717) is 54.0 Å². The van der Waals surface area contributed by atoms with Crippen LogP contribution in [0.15, 0.2) is 47.1 Å². The van der Waals surface area contributed by atoms with Gasteiger partial charge in [-0.3, -0.25) is 4.79 Å². The minimum absolute atomic E-state index is 0.171. The second kappa shape index (κ2) is 8.62. The SMILES string of the molecule is COc1ccc(OC)c(-c2cc(C(=O)N3CCN(c4ccc(Cl)cn4)CC3)no2)c1. The van der Waals surface area contributed by atoms with E-state index in [0.717, 1.165) is 5.82 Å². The van der Waals surface area contributed by atoms with Gasteiger partial charge in [0.15, 0.2) is 11.5 Å². The van der Waals surface area contributed by atoms with Crippen molar-refractivity contribution in [2.24, 2.45) is 0 Å². The van der Waals surface area contributed by atoms with E-state index in [1.54, 1.807) is 49.6 Å². The number of hydrogen-bond donors (Lipinski definition) is 0. The quantitative estimate of drug-likeness (QED) is 0.616. The van der Waals surface area contributed by atoms with Crippen molar-refractivity contribution < 1.29 is 18.8 Å². The normalized spacial score (nSPS) is 14.0. The van der Waals surface area contributed by atoms with Gasteiger partial charge in [0, 0.05) is 38.4 Å². The van der Waals surface area contributed by atoms with Crippen LogP contribution in [-0.4, -0.2) is 61.3 Å². The molecule has 30 heavy (non-hydrogen) atoms. The number of rotatable bonds is 5. The number of nitrogens with zero attached hydrogens (tertiary/aromatic N) is 4. The van der Waals surface area contributed by atoms with Gasteiger partial charge in [0.25, 0.3) is 5.91 Å². The van der Waals surface area contributed by atoms with Crippen molar-refractivity contribution in [1.29, 1.82) is 0 Å². The summed E-state index contributed by atoms with van der Waals surface area (Å²) in [6.07, 6.45) is 1.62. The van der Waals surface area contributed by atoms with Gasteiger partial charge in [-0.2, -0.15) is 0 Å². The Morgan fingerprint density at radius 2 is 1.87 bits per heavy atom. The number of carbonyl (C=O) groups is 1. The van der Waals surface area contributed by atoms with Crippen LogP contribution < -0.4 is 14.4 Å². The summed E-state index contributed by atoms with van der Waals surface area (Å²) < 4.78 is 16.1. The van der Waals surface area contributed by atoms with E-state index in [4.69, 9.17) is 25.6 Å². The molecule has 9 heteroatoms. The predicted octanol–water partition coefficient (Wildman–Crippen LogP) is 3.37. The van der Waals surface area contributed by atoms with Crippen LogP contribution in [0.4, 0.5) is 5.82 Å². The second-order valence-corrected chi connectivity index (χ2v) is 7.19. The third-order valence-electron chi connectivity index (χ3n) is 5.00. The molecule has 0 spiro atoms. The van der Waals surface area contributed by atoms with Gasteiger partial charge in [-0.05, 0) is 30.3 Å². The second-order valence-electron chi connectivity index (χ2n) is 6.76. The fourth-order valence-corrected chi connectivity index (χ4v) is 3.48. The van der Waals surface area contributed by atoms with E-state index in [2.05, 4.69) is 15.0 Å². The average Bonchev–Trinajstić information content (AvgIpc) is 3.29. The molecule has 0 aliphatic carbocycles. The molecule has 0 bridgehead atoms. The number of anilines is 1. The van der Waals surface area contributed by atoms with Crippen LogP contribution in [0, 0.1) is 0 Å². The van der Waals surface area contributed by atoms with Crippen molar-refractivity contribution in [3.8, 4) is 22.8 Å². The molecule has 8 nitrogen and oxygen atoms in total. The summed E-state index contributed by atoms with van der Waals surface area (Å²) in [5.74, 6) is 2.38. The number of methoxy groups -OCH3 is 2. The highest BCUT2D eigenvalue weighted by molar-refractivity contribution is 6.30. The van der Waals surface area contributed by atoms with Gasteiger partial charge in [-0.25, -0.2) is 4.98 Å². The molecule has 3 heterocycles. The topological polar surface area (TPSA) is 80.9 Å². The molecule has 1 aromatic carbocycles. The van der Waals surface area contributed by atoms with Crippen molar-refractivity contribution in [2.75, 3.05) is 45.3 Å². The van der Waals surface area contributed by atoms with E-state index in [1.807, 2.05) is 12.1 Å². The molecule has 1 fully saturated rings. The Bertz CT molecular complexity index is 1030. The lowest BCUT2D eigenvalue weighted by molar-refractivity contribution is 0.0736. The number of piperazine rings is 1. The highest BCUT2D eigenvalue weighted by Crippen LogP contribution is 2.34. The minimum atomic E-state index is -0.171. The molecule has 0 N–H and O–H groups in total. The maximum Gasteiger partial charge on any atom is 0.276 e. The zero-order valence-electron chi connectivity index (χ0n) is 16.7. The van der Waals surface area contributed by atoms with E-state index in [1.165, 1.54) is 0 Å². The molecule has 156 valence electrons. The van der Waals surface area contributed by atoms with Gasteiger partial charge < -0.3 is 23.8 Å². The summed E-state index contributed by atoms with van der Waals surface area (Å²) in [6.45, 7) is 2.48. The maximum atomic E-state index is 12.9. The summed E-state index contributed by atoms with van der Waals surface area (Å²) >= 11 is 5.90. The largest absolute Gasteiger partial charge is 0.497 e. The van der Waals surface area contributed by atoms with Gasteiger partial charge in [0.1, 0.15) is 17.3 Å². The zero-order chi connectivity index (χ0) is 21.1. The molecule has 0 saturated carbocycles. The minimum Gasteiger partial charge on any atom is -0.497 e.